The zero-order valence-corrected chi connectivity index (χ0v) is 14.6. The fraction of sp³-hybridized carbons (Fsp3) is 0.824. The third-order valence-electron chi connectivity index (χ3n) is 5.15. The predicted molar refractivity (Wildman–Crippen MR) is 90.6 cm³/mol. The van der Waals surface area contributed by atoms with Crippen LogP contribution in [0.15, 0.2) is 5.16 Å². The quantitative estimate of drug-likeness (QED) is 0.810. The molecular weight excluding hydrogens is 308 g/mol. The molecule has 0 saturated heterocycles. The molecule has 3 aliphatic carbocycles. The molecule has 1 N–H and O–H groups in total. The average Bonchev–Trinajstić information content (AvgIpc) is 3.47. The lowest BCUT2D eigenvalue weighted by Crippen LogP contribution is -2.40. The summed E-state index contributed by atoms with van der Waals surface area (Å²) in [6.45, 7) is 1.99. The summed E-state index contributed by atoms with van der Waals surface area (Å²) in [6.07, 6.45) is 11.0. The van der Waals surface area contributed by atoms with Crippen molar-refractivity contribution in [3.63, 3.8) is 0 Å². The number of aromatic nitrogens is 3. The summed E-state index contributed by atoms with van der Waals surface area (Å²) in [4.78, 5) is 12.5. The largest absolute Gasteiger partial charge is 0.352 e. The molecule has 6 heteroatoms. The SMILES string of the molecule is CC(Sc1nnc(C2CC2)n1C1CC1)C(=O)NC1CCCCC1. The number of hydrogen-bond acceptors (Lipinski definition) is 4. The van der Waals surface area contributed by atoms with Gasteiger partial charge in [0.15, 0.2) is 5.16 Å². The van der Waals surface area contributed by atoms with Gasteiger partial charge in [-0.2, -0.15) is 0 Å². The standard InChI is InChI=1S/C17H26N4OS/c1-11(16(22)18-13-5-3-2-4-6-13)23-17-20-19-15(12-7-8-12)21(17)14-9-10-14/h11-14H,2-10H2,1H3,(H,18,22). The van der Waals surface area contributed by atoms with Gasteiger partial charge in [0, 0.05) is 18.0 Å². The van der Waals surface area contributed by atoms with Crippen LogP contribution < -0.4 is 5.32 Å². The van der Waals surface area contributed by atoms with Gasteiger partial charge in [0.25, 0.3) is 0 Å². The Morgan fingerprint density at radius 2 is 1.87 bits per heavy atom. The molecule has 1 unspecified atom stereocenters. The van der Waals surface area contributed by atoms with Crippen molar-refractivity contribution >= 4 is 17.7 Å². The highest BCUT2D eigenvalue weighted by Crippen LogP contribution is 2.46. The average molecular weight is 334 g/mol. The molecular formula is C17H26N4OS. The number of carbonyl (C=O) groups excluding carboxylic acids is 1. The van der Waals surface area contributed by atoms with Crippen LogP contribution in [0.1, 0.15) is 82.5 Å². The van der Waals surface area contributed by atoms with Crippen LogP contribution in [0.5, 0.6) is 0 Å². The Labute approximate surface area is 142 Å². The Balaban J connectivity index is 1.39. The summed E-state index contributed by atoms with van der Waals surface area (Å²) in [5, 5.41) is 12.9. The van der Waals surface area contributed by atoms with Crippen LogP contribution in [0.2, 0.25) is 0 Å². The van der Waals surface area contributed by atoms with Crippen molar-refractivity contribution in [3.8, 4) is 0 Å². The van der Waals surface area contributed by atoms with Gasteiger partial charge >= 0.3 is 0 Å². The monoisotopic (exact) mass is 334 g/mol. The van der Waals surface area contributed by atoms with E-state index in [0.29, 0.717) is 18.0 Å². The molecule has 0 aromatic carbocycles. The molecule has 3 saturated carbocycles. The fourth-order valence-electron chi connectivity index (χ4n) is 3.44. The van der Waals surface area contributed by atoms with Gasteiger partial charge in [0.05, 0.1) is 5.25 Å². The van der Waals surface area contributed by atoms with Crippen molar-refractivity contribution < 1.29 is 4.79 Å². The molecule has 1 heterocycles. The molecule has 1 amide bonds. The summed E-state index contributed by atoms with van der Waals surface area (Å²) < 4.78 is 2.33. The smallest absolute Gasteiger partial charge is 0.233 e. The minimum atomic E-state index is -0.106. The van der Waals surface area contributed by atoms with E-state index in [4.69, 9.17) is 0 Å². The molecule has 1 atom stereocenters. The summed E-state index contributed by atoms with van der Waals surface area (Å²) in [7, 11) is 0. The number of carbonyl (C=O) groups is 1. The van der Waals surface area contributed by atoms with Crippen LogP contribution in [-0.2, 0) is 4.79 Å². The third-order valence-corrected chi connectivity index (χ3v) is 6.21. The van der Waals surface area contributed by atoms with Gasteiger partial charge < -0.3 is 9.88 Å². The minimum Gasteiger partial charge on any atom is -0.352 e. The summed E-state index contributed by atoms with van der Waals surface area (Å²) in [5.74, 6) is 1.93. The highest BCUT2D eigenvalue weighted by atomic mass is 32.2. The van der Waals surface area contributed by atoms with Crippen molar-refractivity contribution in [2.45, 2.75) is 93.1 Å². The van der Waals surface area contributed by atoms with Crippen molar-refractivity contribution in [1.82, 2.24) is 20.1 Å². The van der Waals surface area contributed by atoms with Crippen LogP contribution >= 0.6 is 11.8 Å². The number of thioether (sulfide) groups is 1. The molecule has 0 radical (unpaired) electrons. The van der Waals surface area contributed by atoms with E-state index in [1.807, 2.05) is 6.92 Å². The number of hydrogen-bond donors (Lipinski definition) is 1. The summed E-state index contributed by atoms with van der Waals surface area (Å²) >= 11 is 1.58. The topological polar surface area (TPSA) is 59.8 Å². The third kappa shape index (κ3) is 3.57. The zero-order chi connectivity index (χ0) is 15.8. The first kappa shape index (κ1) is 15.5. The second-order valence-corrected chi connectivity index (χ2v) is 8.63. The Morgan fingerprint density at radius 1 is 1.13 bits per heavy atom. The van der Waals surface area contributed by atoms with E-state index < -0.39 is 0 Å². The van der Waals surface area contributed by atoms with Crippen molar-refractivity contribution in [2.75, 3.05) is 0 Å². The van der Waals surface area contributed by atoms with Gasteiger partial charge in [0.1, 0.15) is 5.82 Å². The normalized spacial score (nSPS) is 23.7. The van der Waals surface area contributed by atoms with Crippen LogP contribution in [0.4, 0.5) is 0 Å². The number of amides is 1. The first-order valence-electron chi connectivity index (χ1n) is 9.14. The molecule has 3 fully saturated rings. The number of nitrogens with one attached hydrogen (secondary N) is 1. The fourth-order valence-corrected chi connectivity index (χ4v) is 4.38. The molecule has 1 aromatic rings. The summed E-state index contributed by atoms with van der Waals surface area (Å²) in [5.41, 5.74) is 0. The van der Waals surface area contributed by atoms with Gasteiger partial charge in [-0.3, -0.25) is 4.79 Å². The molecule has 0 spiro atoms. The van der Waals surface area contributed by atoms with Crippen LogP contribution in [-0.4, -0.2) is 32.0 Å². The van der Waals surface area contributed by atoms with Gasteiger partial charge in [-0.15, -0.1) is 10.2 Å². The lowest BCUT2D eigenvalue weighted by atomic mass is 9.95. The second-order valence-electron chi connectivity index (χ2n) is 7.32. The van der Waals surface area contributed by atoms with Crippen LogP contribution in [0.3, 0.4) is 0 Å². The molecule has 23 heavy (non-hydrogen) atoms. The Hall–Kier alpha value is -1.04. The van der Waals surface area contributed by atoms with Gasteiger partial charge in [0.2, 0.25) is 5.91 Å². The van der Waals surface area contributed by atoms with Crippen molar-refractivity contribution in [3.05, 3.63) is 5.82 Å². The molecule has 126 valence electrons. The van der Waals surface area contributed by atoms with Crippen LogP contribution in [0.25, 0.3) is 0 Å². The Bertz CT molecular complexity index is 573. The van der Waals surface area contributed by atoms with Gasteiger partial charge in [-0.25, -0.2) is 0 Å². The maximum atomic E-state index is 12.5. The number of rotatable bonds is 6. The van der Waals surface area contributed by atoms with Crippen molar-refractivity contribution in [2.24, 2.45) is 0 Å². The molecule has 4 rings (SSSR count). The van der Waals surface area contributed by atoms with E-state index in [9.17, 15) is 4.79 Å². The molecule has 0 bridgehead atoms. The van der Waals surface area contributed by atoms with E-state index in [2.05, 4.69) is 20.1 Å². The predicted octanol–water partition coefficient (Wildman–Crippen LogP) is 3.42. The van der Waals surface area contributed by atoms with Gasteiger partial charge in [-0.1, -0.05) is 31.0 Å². The zero-order valence-electron chi connectivity index (χ0n) is 13.8. The van der Waals surface area contributed by atoms with Crippen molar-refractivity contribution in [1.29, 1.82) is 0 Å². The number of nitrogens with zero attached hydrogens (tertiary/aromatic N) is 3. The highest BCUT2D eigenvalue weighted by Gasteiger charge is 2.37. The van der Waals surface area contributed by atoms with E-state index >= 15 is 0 Å². The van der Waals surface area contributed by atoms with E-state index in [-0.39, 0.29) is 11.2 Å². The second kappa shape index (κ2) is 6.46. The highest BCUT2D eigenvalue weighted by molar-refractivity contribution is 8.00. The first-order valence-corrected chi connectivity index (χ1v) is 10.0. The molecule has 3 aliphatic rings. The minimum absolute atomic E-state index is 0.106. The Morgan fingerprint density at radius 3 is 2.52 bits per heavy atom. The molecule has 0 aliphatic heterocycles. The molecule has 1 aromatic heterocycles. The molecule has 5 nitrogen and oxygen atoms in total. The van der Waals surface area contributed by atoms with Crippen LogP contribution in [0, 0.1) is 0 Å². The first-order chi connectivity index (χ1) is 11.2. The summed E-state index contributed by atoms with van der Waals surface area (Å²) in [6, 6.07) is 0.958. The Kier molecular flexibility index (Phi) is 4.35. The lowest BCUT2D eigenvalue weighted by Gasteiger charge is -2.24. The lowest BCUT2D eigenvalue weighted by molar-refractivity contribution is -0.121. The van der Waals surface area contributed by atoms with E-state index in [0.717, 1.165) is 23.8 Å². The maximum Gasteiger partial charge on any atom is 0.233 e. The van der Waals surface area contributed by atoms with E-state index in [1.165, 1.54) is 44.9 Å². The maximum absolute atomic E-state index is 12.5. The van der Waals surface area contributed by atoms with Gasteiger partial charge in [-0.05, 0) is 45.4 Å². The van der Waals surface area contributed by atoms with E-state index in [1.54, 1.807) is 11.8 Å².